The summed E-state index contributed by atoms with van der Waals surface area (Å²) in [5.41, 5.74) is 2.40. The monoisotopic (exact) mass is 397 g/mol. The van der Waals surface area contributed by atoms with E-state index in [1.807, 2.05) is 36.4 Å². The van der Waals surface area contributed by atoms with E-state index >= 15 is 0 Å². The number of carbonyl (C=O) groups excluding carboxylic acids is 2. The Kier molecular flexibility index (Phi) is 4.24. The van der Waals surface area contributed by atoms with Crippen molar-refractivity contribution in [3.8, 4) is 0 Å². The van der Waals surface area contributed by atoms with Gasteiger partial charge in [-0.05, 0) is 54.5 Å². The predicted molar refractivity (Wildman–Crippen MR) is 102 cm³/mol. The third-order valence-corrected chi connectivity index (χ3v) is 6.17. The summed E-state index contributed by atoms with van der Waals surface area (Å²) >= 11 is 3.47. The van der Waals surface area contributed by atoms with Gasteiger partial charge in [0.15, 0.2) is 0 Å². The Morgan fingerprint density at radius 2 is 1.84 bits per heavy atom. The number of para-hydroxylation sites is 1. The van der Waals surface area contributed by atoms with Crippen LogP contribution in [0.3, 0.4) is 0 Å². The molecule has 2 aromatic rings. The molecular weight excluding hydrogens is 378 g/mol. The van der Waals surface area contributed by atoms with Crippen molar-refractivity contribution in [1.82, 2.24) is 0 Å². The Balaban J connectivity index is 1.82. The van der Waals surface area contributed by atoms with Crippen molar-refractivity contribution in [2.45, 2.75) is 37.5 Å². The number of carbonyl (C=O) groups is 2. The van der Waals surface area contributed by atoms with Gasteiger partial charge in [0.1, 0.15) is 5.78 Å². The molecule has 2 aromatic carbocycles. The second-order valence-electron chi connectivity index (χ2n) is 7.11. The molecule has 4 rings (SSSR count). The van der Waals surface area contributed by atoms with Crippen LogP contribution < -0.4 is 5.32 Å². The standard InChI is InChI=1S/C21H20BrNO2/c22-16-10-8-14(9-11-16)13-21(15-4-3-5-17(24)12-15)18-6-1-2-7-19(18)23-20(21)25/h1-2,6-11,15H,3-5,12-13H2,(H,23,25)/t15-,21+/m0/s1. The van der Waals surface area contributed by atoms with Gasteiger partial charge in [-0.2, -0.15) is 0 Å². The van der Waals surface area contributed by atoms with E-state index in [-0.39, 0.29) is 17.6 Å². The number of rotatable bonds is 3. The lowest BCUT2D eigenvalue weighted by Gasteiger charge is -2.38. The van der Waals surface area contributed by atoms with Gasteiger partial charge in [0.25, 0.3) is 0 Å². The van der Waals surface area contributed by atoms with Gasteiger partial charge >= 0.3 is 0 Å². The van der Waals surface area contributed by atoms with Gasteiger partial charge in [0.05, 0.1) is 5.41 Å². The minimum absolute atomic E-state index is 0.0383. The van der Waals surface area contributed by atoms with Crippen LogP contribution in [0.15, 0.2) is 53.0 Å². The third-order valence-electron chi connectivity index (χ3n) is 5.64. The third kappa shape index (κ3) is 2.82. The zero-order valence-electron chi connectivity index (χ0n) is 13.9. The largest absolute Gasteiger partial charge is 0.325 e. The Labute approximate surface area is 156 Å². The molecule has 1 amide bonds. The summed E-state index contributed by atoms with van der Waals surface area (Å²) in [5.74, 6) is 0.376. The number of halogens is 1. The number of anilines is 1. The molecule has 25 heavy (non-hydrogen) atoms. The summed E-state index contributed by atoms with van der Waals surface area (Å²) in [6.45, 7) is 0. The van der Waals surface area contributed by atoms with E-state index in [1.165, 1.54) is 0 Å². The molecule has 0 bridgehead atoms. The highest BCUT2D eigenvalue weighted by Crippen LogP contribution is 2.49. The van der Waals surface area contributed by atoms with Crippen LogP contribution in [0.5, 0.6) is 0 Å². The highest BCUT2D eigenvalue weighted by molar-refractivity contribution is 9.10. The number of hydrogen-bond donors (Lipinski definition) is 1. The fourth-order valence-electron chi connectivity index (χ4n) is 4.43. The number of fused-ring (bicyclic) bond motifs is 1. The summed E-state index contributed by atoms with van der Waals surface area (Å²) in [7, 11) is 0. The average Bonchev–Trinajstić information content (AvgIpc) is 2.90. The lowest BCUT2D eigenvalue weighted by Crippen LogP contribution is -2.45. The summed E-state index contributed by atoms with van der Waals surface area (Å²) in [4.78, 5) is 25.3. The molecule has 0 spiro atoms. The van der Waals surface area contributed by atoms with Gasteiger partial charge in [-0.1, -0.05) is 46.3 Å². The highest BCUT2D eigenvalue weighted by Gasteiger charge is 2.52. The van der Waals surface area contributed by atoms with Crippen LogP contribution in [-0.4, -0.2) is 11.7 Å². The van der Waals surface area contributed by atoms with Crippen LogP contribution in [0.4, 0.5) is 5.69 Å². The van der Waals surface area contributed by atoms with Crippen LogP contribution in [0.2, 0.25) is 0 Å². The fraction of sp³-hybridized carbons (Fsp3) is 0.333. The second kappa shape index (κ2) is 6.41. The molecule has 1 fully saturated rings. The van der Waals surface area contributed by atoms with Crippen LogP contribution >= 0.6 is 15.9 Å². The number of amides is 1. The summed E-state index contributed by atoms with van der Waals surface area (Å²) < 4.78 is 1.02. The molecule has 0 radical (unpaired) electrons. The lowest BCUT2D eigenvalue weighted by atomic mass is 9.62. The van der Waals surface area contributed by atoms with Gasteiger partial charge in [-0.3, -0.25) is 9.59 Å². The summed E-state index contributed by atoms with van der Waals surface area (Å²) in [6.07, 6.45) is 3.57. The molecule has 1 heterocycles. The summed E-state index contributed by atoms with van der Waals surface area (Å²) in [6, 6.07) is 16.1. The van der Waals surface area contributed by atoms with E-state index in [1.54, 1.807) is 0 Å². The highest BCUT2D eigenvalue weighted by atomic mass is 79.9. The first kappa shape index (κ1) is 16.5. The first-order valence-corrected chi connectivity index (χ1v) is 9.56. The molecule has 1 N–H and O–H groups in total. The van der Waals surface area contributed by atoms with Crippen LogP contribution in [0, 0.1) is 5.92 Å². The topological polar surface area (TPSA) is 46.2 Å². The van der Waals surface area contributed by atoms with E-state index in [0.29, 0.717) is 19.3 Å². The van der Waals surface area contributed by atoms with Crippen LogP contribution in [0.25, 0.3) is 0 Å². The van der Waals surface area contributed by atoms with Crippen molar-refractivity contribution >= 4 is 33.3 Å². The Hall–Kier alpha value is -1.94. The minimum atomic E-state index is -0.652. The Bertz CT molecular complexity index is 830. The predicted octanol–water partition coefficient (Wildman–Crippen LogP) is 4.64. The normalized spacial score (nSPS) is 25.6. The Morgan fingerprint density at radius 3 is 2.60 bits per heavy atom. The molecule has 4 heteroatoms. The van der Waals surface area contributed by atoms with Crippen molar-refractivity contribution in [3.63, 3.8) is 0 Å². The summed E-state index contributed by atoms with van der Waals surface area (Å²) in [5, 5.41) is 3.07. The maximum absolute atomic E-state index is 13.2. The van der Waals surface area contributed by atoms with E-state index in [2.05, 4.69) is 33.4 Å². The van der Waals surface area contributed by atoms with Crippen LogP contribution in [0.1, 0.15) is 36.8 Å². The zero-order chi connectivity index (χ0) is 17.4. The zero-order valence-corrected chi connectivity index (χ0v) is 15.5. The van der Waals surface area contributed by atoms with Crippen molar-refractivity contribution in [3.05, 3.63) is 64.1 Å². The molecule has 2 atom stereocenters. The smallest absolute Gasteiger partial charge is 0.235 e. The van der Waals surface area contributed by atoms with Gasteiger partial charge in [0, 0.05) is 23.0 Å². The Morgan fingerprint density at radius 1 is 1.08 bits per heavy atom. The minimum Gasteiger partial charge on any atom is -0.325 e. The quantitative estimate of drug-likeness (QED) is 0.819. The number of hydrogen-bond acceptors (Lipinski definition) is 2. The maximum atomic E-state index is 13.2. The van der Waals surface area contributed by atoms with E-state index in [0.717, 1.165) is 34.1 Å². The van der Waals surface area contributed by atoms with Gasteiger partial charge < -0.3 is 5.32 Å². The lowest BCUT2D eigenvalue weighted by molar-refractivity contribution is -0.126. The molecule has 0 saturated heterocycles. The molecule has 128 valence electrons. The van der Waals surface area contributed by atoms with E-state index < -0.39 is 5.41 Å². The molecule has 3 nitrogen and oxygen atoms in total. The van der Waals surface area contributed by atoms with Gasteiger partial charge in [0.2, 0.25) is 5.91 Å². The molecule has 0 unspecified atom stereocenters. The maximum Gasteiger partial charge on any atom is 0.235 e. The first-order valence-electron chi connectivity index (χ1n) is 8.77. The second-order valence-corrected chi connectivity index (χ2v) is 8.02. The first-order chi connectivity index (χ1) is 12.1. The van der Waals surface area contributed by atoms with E-state index in [4.69, 9.17) is 0 Å². The fourth-order valence-corrected chi connectivity index (χ4v) is 4.70. The molecule has 0 aromatic heterocycles. The molecule has 1 aliphatic carbocycles. The number of benzene rings is 2. The SMILES string of the molecule is O=C1CCC[C@H]([C@@]2(Cc3ccc(Br)cc3)C(=O)Nc3ccccc32)C1. The van der Waals surface area contributed by atoms with Gasteiger partial charge in [-0.15, -0.1) is 0 Å². The molecule has 2 aliphatic rings. The molecule has 1 saturated carbocycles. The average molecular weight is 398 g/mol. The van der Waals surface area contributed by atoms with Crippen molar-refractivity contribution in [1.29, 1.82) is 0 Å². The van der Waals surface area contributed by atoms with Crippen LogP contribution in [-0.2, 0) is 21.4 Å². The molecular formula is C21H20BrNO2. The van der Waals surface area contributed by atoms with E-state index in [9.17, 15) is 9.59 Å². The van der Waals surface area contributed by atoms with Crippen molar-refractivity contribution in [2.24, 2.45) is 5.92 Å². The molecule has 1 aliphatic heterocycles. The number of nitrogens with one attached hydrogen (secondary N) is 1. The van der Waals surface area contributed by atoms with Crippen molar-refractivity contribution in [2.75, 3.05) is 5.32 Å². The van der Waals surface area contributed by atoms with Crippen molar-refractivity contribution < 1.29 is 9.59 Å². The number of ketones is 1. The van der Waals surface area contributed by atoms with Gasteiger partial charge in [-0.25, -0.2) is 0 Å². The number of Topliss-reactive ketones (excluding diaryl/α,β-unsaturated/α-hetero) is 1.